The fourth-order valence-electron chi connectivity index (χ4n) is 4.41. The van der Waals surface area contributed by atoms with Crippen molar-refractivity contribution in [1.82, 2.24) is 0 Å². The minimum atomic E-state index is -0.919. The Labute approximate surface area is 272 Å². The summed E-state index contributed by atoms with van der Waals surface area (Å²) < 4.78 is 6.97. The number of nitriles is 1. The molecule has 0 fully saturated rings. The average Bonchev–Trinajstić information content (AvgIpc) is 2.97. The summed E-state index contributed by atoms with van der Waals surface area (Å²) in [5, 5.41) is 19.9. The molecule has 0 aromatic heterocycles. The first-order valence-corrected chi connectivity index (χ1v) is 15.3. The van der Waals surface area contributed by atoms with Gasteiger partial charge >= 0.3 is 11.9 Å². The molecule has 0 radical (unpaired) electrons. The average molecular weight is 732 g/mol. The number of esters is 1. The minimum Gasteiger partial charge on any atom is -0.481 e. The molecule has 0 spiro atoms. The van der Waals surface area contributed by atoms with Crippen LogP contribution in [0.5, 0.6) is 0 Å². The fraction of sp³-hybridized carbons (Fsp3) is 0.182. The Morgan fingerprint density at radius 1 is 0.762 bits per heavy atom. The summed E-state index contributed by atoms with van der Waals surface area (Å²) in [5.74, 6) is -2.83. The number of carbonyl (C=O) groups excluding carboxylic acids is 1. The molecule has 0 saturated carbocycles. The zero-order chi connectivity index (χ0) is 30.6. The van der Waals surface area contributed by atoms with E-state index < -0.39 is 23.8 Å². The van der Waals surface area contributed by atoms with Crippen molar-refractivity contribution in [3.63, 3.8) is 0 Å². The van der Waals surface area contributed by atoms with E-state index in [2.05, 4.69) is 37.9 Å². The summed E-state index contributed by atoms with van der Waals surface area (Å²) in [6, 6.07) is 31.8. The second-order valence-electron chi connectivity index (χ2n) is 9.19. The number of rotatable bonds is 9. The van der Waals surface area contributed by atoms with Crippen LogP contribution in [0.4, 0.5) is 0 Å². The predicted octanol–water partition coefficient (Wildman–Crippen LogP) is 9.65. The number of halogens is 4. The first kappa shape index (κ1) is 33.4. The molecule has 4 rings (SSSR count). The van der Waals surface area contributed by atoms with Crippen molar-refractivity contribution in [3.8, 4) is 6.07 Å². The predicted molar refractivity (Wildman–Crippen MR) is 173 cm³/mol. The highest BCUT2D eigenvalue weighted by atomic mass is 79.9. The molecule has 4 aromatic rings. The van der Waals surface area contributed by atoms with Gasteiger partial charge in [-0.25, -0.2) is 0 Å². The highest BCUT2D eigenvalue weighted by Crippen LogP contribution is 2.34. The Bertz CT molecular complexity index is 1410. The molecule has 4 aromatic carbocycles. The standard InChI is InChI=1S/C18H15BrClNO2.C15H12BrClO2/c1-2-23-18(22)16(11-21)17(12-3-7-14(19)8-4-12)13-5-9-15(20)10-6-13;16-12-5-1-10(2-6-12)14(9-15(18)19)11-3-7-13(17)8-4-11/h3-10,16-17H,2H2,1H3;1-8,14H,9H2,(H,18,19). The van der Waals surface area contributed by atoms with Crippen LogP contribution in [-0.2, 0) is 14.3 Å². The molecule has 0 aliphatic heterocycles. The van der Waals surface area contributed by atoms with Crippen molar-refractivity contribution in [2.24, 2.45) is 5.92 Å². The van der Waals surface area contributed by atoms with Gasteiger partial charge in [0.2, 0.25) is 0 Å². The van der Waals surface area contributed by atoms with Crippen molar-refractivity contribution in [3.05, 3.63) is 138 Å². The van der Waals surface area contributed by atoms with E-state index in [1.54, 1.807) is 31.2 Å². The SMILES string of the molecule is CCOC(=O)C(C#N)C(c1ccc(Cl)cc1)c1ccc(Br)cc1.O=C(O)CC(c1ccc(Cl)cc1)c1ccc(Br)cc1. The molecule has 5 nitrogen and oxygen atoms in total. The molecular weight excluding hydrogens is 705 g/mol. The van der Waals surface area contributed by atoms with Gasteiger partial charge in [-0.05, 0) is 77.7 Å². The van der Waals surface area contributed by atoms with Gasteiger partial charge in [-0.2, -0.15) is 5.26 Å². The molecular formula is C33H27Br2Cl2NO4. The van der Waals surface area contributed by atoms with E-state index in [1.165, 1.54) is 0 Å². The molecule has 3 unspecified atom stereocenters. The first-order chi connectivity index (χ1) is 20.1. The van der Waals surface area contributed by atoms with Gasteiger partial charge < -0.3 is 9.84 Å². The molecule has 0 amide bonds. The van der Waals surface area contributed by atoms with E-state index in [4.69, 9.17) is 33.0 Å². The van der Waals surface area contributed by atoms with E-state index in [-0.39, 0.29) is 18.9 Å². The van der Waals surface area contributed by atoms with Gasteiger partial charge in [0.25, 0.3) is 0 Å². The van der Waals surface area contributed by atoms with Crippen LogP contribution in [0.1, 0.15) is 47.4 Å². The number of carbonyl (C=O) groups is 2. The van der Waals surface area contributed by atoms with E-state index in [9.17, 15) is 14.9 Å². The lowest BCUT2D eigenvalue weighted by molar-refractivity contribution is -0.146. The van der Waals surface area contributed by atoms with Crippen molar-refractivity contribution in [2.45, 2.75) is 25.2 Å². The van der Waals surface area contributed by atoms with Crippen LogP contribution in [-0.4, -0.2) is 23.7 Å². The van der Waals surface area contributed by atoms with Gasteiger partial charge in [-0.3, -0.25) is 9.59 Å². The number of hydrogen-bond donors (Lipinski definition) is 1. The molecule has 0 saturated heterocycles. The van der Waals surface area contributed by atoms with Gasteiger partial charge in [-0.15, -0.1) is 0 Å². The van der Waals surface area contributed by atoms with Crippen LogP contribution < -0.4 is 0 Å². The second-order valence-corrected chi connectivity index (χ2v) is 11.9. The molecule has 0 heterocycles. The molecule has 42 heavy (non-hydrogen) atoms. The van der Waals surface area contributed by atoms with Gasteiger partial charge in [-0.1, -0.05) is 104 Å². The summed E-state index contributed by atoms with van der Waals surface area (Å²) in [6.07, 6.45) is 0.0588. The molecule has 0 bridgehead atoms. The molecule has 1 N–H and O–H groups in total. The third kappa shape index (κ3) is 9.71. The summed E-state index contributed by atoms with van der Waals surface area (Å²) in [5.41, 5.74) is 3.65. The van der Waals surface area contributed by atoms with Crippen molar-refractivity contribution in [1.29, 1.82) is 5.26 Å². The normalized spacial score (nSPS) is 12.6. The van der Waals surface area contributed by atoms with Crippen LogP contribution in [0.25, 0.3) is 0 Å². The number of hydrogen-bond acceptors (Lipinski definition) is 4. The summed E-state index contributed by atoms with van der Waals surface area (Å²) in [7, 11) is 0. The monoisotopic (exact) mass is 729 g/mol. The van der Waals surface area contributed by atoms with Crippen LogP contribution in [0.2, 0.25) is 10.0 Å². The maximum absolute atomic E-state index is 12.2. The number of aliphatic carboxylic acids is 1. The quantitative estimate of drug-likeness (QED) is 0.173. The Morgan fingerprint density at radius 3 is 1.52 bits per heavy atom. The number of ether oxygens (including phenoxy) is 1. The molecule has 216 valence electrons. The largest absolute Gasteiger partial charge is 0.481 e. The summed E-state index contributed by atoms with van der Waals surface area (Å²) in [4.78, 5) is 23.3. The smallest absolute Gasteiger partial charge is 0.324 e. The van der Waals surface area contributed by atoms with Gasteiger partial charge in [0.1, 0.15) is 0 Å². The molecule has 3 atom stereocenters. The highest BCUT2D eigenvalue weighted by molar-refractivity contribution is 9.10. The third-order valence-corrected chi connectivity index (χ3v) is 7.96. The van der Waals surface area contributed by atoms with E-state index in [1.807, 2.05) is 72.8 Å². The first-order valence-electron chi connectivity index (χ1n) is 12.9. The van der Waals surface area contributed by atoms with Crippen LogP contribution >= 0.6 is 55.1 Å². The number of benzene rings is 4. The van der Waals surface area contributed by atoms with Crippen molar-refractivity contribution in [2.75, 3.05) is 6.61 Å². The lowest BCUT2D eigenvalue weighted by Gasteiger charge is -2.22. The molecule has 0 aliphatic rings. The second kappa shape index (κ2) is 16.5. The minimum absolute atomic E-state index is 0.0588. The number of nitrogens with zero attached hydrogens (tertiary/aromatic N) is 1. The molecule has 0 aliphatic carbocycles. The summed E-state index contributed by atoms with van der Waals surface area (Å²) in [6.45, 7) is 1.97. The fourth-order valence-corrected chi connectivity index (χ4v) is 5.19. The van der Waals surface area contributed by atoms with E-state index >= 15 is 0 Å². The van der Waals surface area contributed by atoms with Crippen LogP contribution in [0, 0.1) is 17.2 Å². The van der Waals surface area contributed by atoms with Crippen LogP contribution in [0.3, 0.4) is 0 Å². The third-order valence-electron chi connectivity index (χ3n) is 6.39. The Kier molecular flexibility index (Phi) is 13.1. The lowest BCUT2D eigenvalue weighted by Crippen LogP contribution is -2.24. The van der Waals surface area contributed by atoms with Gasteiger partial charge in [0.05, 0.1) is 19.1 Å². The van der Waals surface area contributed by atoms with Gasteiger partial charge in [0, 0.05) is 30.8 Å². The summed E-state index contributed by atoms with van der Waals surface area (Å²) >= 11 is 18.6. The maximum atomic E-state index is 12.2. The highest BCUT2D eigenvalue weighted by Gasteiger charge is 2.32. The zero-order valence-electron chi connectivity index (χ0n) is 22.5. The zero-order valence-corrected chi connectivity index (χ0v) is 27.2. The molecule has 9 heteroatoms. The number of carboxylic acid groups (broad SMARTS) is 1. The topological polar surface area (TPSA) is 87.4 Å². The Morgan fingerprint density at radius 2 is 1.14 bits per heavy atom. The van der Waals surface area contributed by atoms with Crippen molar-refractivity contribution < 1.29 is 19.4 Å². The van der Waals surface area contributed by atoms with E-state index in [0.29, 0.717) is 10.0 Å². The Hall–Kier alpha value is -3.15. The van der Waals surface area contributed by atoms with Gasteiger partial charge in [0.15, 0.2) is 5.92 Å². The van der Waals surface area contributed by atoms with Crippen molar-refractivity contribution >= 4 is 67.0 Å². The van der Waals surface area contributed by atoms with Crippen LogP contribution in [0.15, 0.2) is 106 Å². The maximum Gasteiger partial charge on any atom is 0.324 e. The Balaban J connectivity index is 0.000000235. The number of carboxylic acids is 1. The van der Waals surface area contributed by atoms with E-state index in [0.717, 1.165) is 31.2 Å². The lowest BCUT2D eigenvalue weighted by atomic mass is 9.81.